The number of piperidine rings is 1. The van der Waals surface area contributed by atoms with E-state index in [1.165, 1.54) is 50.0 Å². The SMILES string of the molecule is Cl.O=C(Nc1nnc(SCCN2CCCCC2)s1)c1ccco1. The average Bonchev–Trinajstić information content (AvgIpc) is 3.20. The molecule has 0 bridgehead atoms. The quantitative estimate of drug-likeness (QED) is 0.617. The summed E-state index contributed by atoms with van der Waals surface area (Å²) in [6, 6.07) is 3.29. The van der Waals surface area contributed by atoms with Gasteiger partial charge in [0, 0.05) is 12.3 Å². The fourth-order valence-electron chi connectivity index (χ4n) is 2.33. The maximum absolute atomic E-state index is 11.8. The zero-order valence-corrected chi connectivity index (χ0v) is 15.0. The van der Waals surface area contributed by atoms with Crippen molar-refractivity contribution in [1.29, 1.82) is 0 Å². The second kappa shape index (κ2) is 9.27. The molecule has 126 valence electrons. The van der Waals surface area contributed by atoms with Crippen molar-refractivity contribution in [3.8, 4) is 0 Å². The summed E-state index contributed by atoms with van der Waals surface area (Å²) in [5, 5.41) is 11.3. The largest absolute Gasteiger partial charge is 0.459 e. The predicted molar refractivity (Wildman–Crippen MR) is 94.8 cm³/mol. The van der Waals surface area contributed by atoms with Crippen LogP contribution >= 0.6 is 35.5 Å². The monoisotopic (exact) mass is 374 g/mol. The summed E-state index contributed by atoms with van der Waals surface area (Å²) in [6.07, 6.45) is 5.45. The van der Waals surface area contributed by atoms with Crippen molar-refractivity contribution in [2.45, 2.75) is 23.6 Å². The Morgan fingerprint density at radius 3 is 2.91 bits per heavy atom. The first-order valence-corrected chi connectivity index (χ1v) is 9.15. The van der Waals surface area contributed by atoms with Crippen LogP contribution in [0.15, 0.2) is 27.2 Å². The third-order valence-corrected chi connectivity index (χ3v) is 5.41. The first kappa shape index (κ1) is 18.3. The van der Waals surface area contributed by atoms with E-state index in [1.807, 2.05) is 0 Å². The molecule has 1 amide bonds. The van der Waals surface area contributed by atoms with Crippen LogP contribution < -0.4 is 5.32 Å². The highest BCUT2D eigenvalue weighted by molar-refractivity contribution is 8.01. The van der Waals surface area contributed by atoms with E-state index in [0.29, 0.717) is 5.13 Å². The van der Waals surface area contributed by atoms with Gasteiger partial charge in [-0.15, -0.1) is 22.6 Å². The molecule has 1 aliphatic rings. The van der Waals surface area contributed by atoms with Crippen LogP contribution in [-0.2, 0) is 0 Å². The number of anilines is 1. The van der Waals surface area contributed by atoms with Crippen LogP contribution in [0.4, 0.5) is 5.13 Å². The molecular formula is C14H19ClN4O2S2. The Labute approximate surface area is 149 Å². The van der Waals surface area contributed by atoms with Crippen LogP contribution in [0.5, 0.6) is 0 Å². The molecule has 0 unspecified atom stereocenters. The molecule has 3 rings (SSSR count). The Morgan fingerprint density at radius 2 is 2.17 bits per heavy atom. The lowest BCUT2D eigenvalue weighted by Crippen LogP contribution is -2.31. The molecule has 9 heteroatoms. The summed E-state index contributed by atoms with van der Waals surface area (Å²) < 4.78 is 5.92. The highest BCUT2D eigenvalue weighted by atomic mass is 35.5. The molecule has 0 saturated carbocycles. The number of hydrogen-bond acceptors (Lipinski definition) is 7. The Bertz CT molecular complexity index is 600. The van der Waals surface area contributed by atoms with Crippen molar-refractivity contribution in [1.82, 2.24) is 15.1 Å². The van der Waals surface area contributed by atoms with Gasteiger partial charge in [0.2, 0.25) is 5.13 Å². The Balaban J connectivity index is 0.00000192. The number of amides is 1. The van der Waals surface area contributed by atoms with Gasteiger partial charge in [0.05, 0.1) is 6.26 Å². The lowest BCUT2D eigenvalue weighted by Gasteiger charge is -2.25. The highest BCUT2D eigenvalue weighted by Crippen LogP contribution is 2.26. The van der Waals surface area contributed by atoms with Gasteiger partial charge < -0.3 is 9.32 Å². The maximum atomic E-state index is 11.8. The van der Waals surface area contributed by atoms with E-state index in [0.717, 1.165) is 16.6 Å². The van der Waals surface area contributed by atoms with Gasteiger partial charge in [-0.05, 0) is 38.1 Å². The van der Waals surface area contributed by atoms with E-state index < -0.39 is 0 Å². The number of aromatic nitrogens is 2. The number of carbonyl (C=O) groups excluding carboxylic acids is 1. The maximum Gasteiger partial charge on any atom is 0.293 e. The smallest absolute Gasteiger partial charge is 0.293 e. The van der Waals surface area contributed by atoms with Crippen molar-refractivity contribution < 1.29 is 9.21 Å². The molecule has 2 aromatic heterocycles. The lowest BCUT2D eigenvalue weighted by molar-refractivity contribution is 0.0996. The van der Waals surface area contributed by atoms with E-state index in [4.69, 9.17) is 4.42 Å². The topological polar surface area (TPSA) is 71.3 Å². The minimum absolute atomic E-state index is 0. The zero-order valence-electron chi connectivity index (χ0n) is 12.6. The highest BCUT2D eigenvalue weighted by Gasteiger charge is 2.13. The second-order valence-corrected chi connectivity index (χ2v) is 7.37. The number of rotatable bonds is 6. The second-order valence-electron chi connectivity index (χ2n) is 5.06. The van der Waals surface area contributed by atoms with Crippen LogP contribution in [-0.4, -0.2) is 46.4 Å². The number of nitrogens with zero attached hydrogens (tertiary/aromatic N) is 3. The van der Waals surface area contributed by atoms with E-state index >= 15 is 0 Å². The molecule has 0 radical (unpaired) electrons. The number of furan rings is 1. The molecule has 23 heavy (non-hydrogen) atoms. The molecule has 1 aliphatic heterocycles. The van der Waals surface area contributed by atoms with Crippen molar-refractivity contribution in [3.05, 3.63) is 24.2 Å². The van der Waals surface area contributed by atoms with Crippen LogP contribution in [0.2, 0.25) is 0 Å². The van der Waals surface area contributed by atoms with E-state index in [-0.39, 0.29) is 24.1 Å². The van der Waals surface area contributed by atoms with Crippen LogP contribution in [0, 0.1) is 0 Å². The Kier molecular flexibility index (Phi) is 7.35. The molecule has 2 aromatic rings. The molecule has 1 N–H and O–H groups in total. The van der Waals surface area contributed by atoms with Crippen molar-refractivity contribution in [2.24, 2.45) is 0 Å². The van der Waals surface area contributed by atoms with Crippen LogP contribution in [0.3, 0.4) is 0 Å². The zero-order chi connectivity index (χ0) is 15.2. The summed E-state index contributed by atoms with van der Waals surface area (Å²) in [6.45, 7) is 3.50. The molecule has 0 aliphatic carbocycles. The number of hydrogen-bond donors (Lipinski definition) is 1. The predicted octanol–water partition coefficient (Wildman–Crippen LogP) is 3.38. The molecule has 0 aromatic carbocycles. The van der Waals surface area contributed by atoms with Crippen LogP contribution in [0.25, 0.3) is 0 Å². The third-order valence-electron chi connectivity index (χ3n) is 3.45. The fourth-order valence-corrected chi connectivity index (χ4v) is 4.15. The molecule has 3 heterocycles. The molecular weight excluding hydrogens is 356 g/mol. The van der Waals surface area contributed by atoms with Crippen LogP contribution in [0.1, 0.15) is 29.8 Å². The minimum Gasteiger partial charge on any atom is -0.459 e. The average molecular weight is 375 g/mol. The van der Waals surface area contributed by atoms with E-state index in [9.17, 15) is 4.79 Å². The number of nitrogens with one attached hydrogen (secondary N) is 1. The summed E-state index contributed by atoms with van der Waals surface area (Å²) in [5.41, 5.74) is 0. The summed E-state index contributed by atoms with van der Waals surface area (Å²) >= 11 is 3.08. The van der Waals surface area contributed by atoms with Gasteiger partial charge in [-0.25, -0.2) is 0 Å². The van der Waals surface area contributed by atoms with Crippen molar-refractivity contribution in [3.63, 3.8) is 0 Å². The van der Waals surface area contributed by atoms with Gasteiger partial charge in [-0.2, -0.15) is 0 Å². The summed E-state index contributed by atoms with van der Waals surface area (Å²) in [7, 11) is 0. The van der Waals surface area contributed by atoms with Gasteiger partial charge in [-0.3, -0.25) is 10.1 Å². The molecule has 1 saturated heterocycles. The number of carbonyl (C=O) groups is 1. The third kappa shape index (κ3) is 5.49. The Hall–Kier alpha value is -1.09. The standard InChI is InChI=1S/C14H18N4O2S2.ClH/c19-12(11-5-4-9-20-11)15-13-16-17-14(22-13)21-10-8-18-6-2-1-3-7-18;/h4-5,9H,1-3,6-8,10H2,(H,15,16,19);1H. The number of thioether (sulfide) groups is 1. The summed E-state index contributed by atoms with van der Waals surface area (Å²) in [5.74, 6) is 0.973. The fraction of sp³-hybridized carbons (Fsp3) is 0.500. The molecule has 6 nitrogen and oxygen atoms in total. The van der Waals surface area contributed by atoms with Crippen molar-refractivity contribution >= 4 is 46.5 Å². The first-order valence-electron chi connectivity index (χ1n) is 7.35. The van der Waals surface area contributed by atoms with Gasteiger partial charge in [0.1, 0.15) is 0 Å². The van der Waals surface area contributed by atoms with Gasteiger partial charge >= 0.3 is 0 Å². The minimum atomic E-state index is -0.300. The molecule has 0 spiro atoms. The lowest BCUT2D eigenvalue weighted by atomic mass is 10.1. The van der Waals surface area contributed by atoms with Gasteiger partial charge in [0.25, 0.3) is 5.91 Å². The normalized spacial score (nSPS) is 15.1. The molecule has 0 atom stereocenters. The number of halogens is 1. The van der Waals surface area contributed by atoms with Gasteiger partial charge in [-0.1, -0.05) is 29.5 Å². The summed E-state index contributed by atoms with van der Waals surface area (Å²) in [4.78, 5) is 14.3. The molecule has 1 fully saturated rings. The van der Waals surface area contributed by atoms with Crippen molar-refractivity contribution in [2.75, 3.05) is 30.7 Å². The Morgan fingerprint density at radius 1 is 1.35 bits per heavy atom. The van der Waals surface area contributed by atoms with Gasteiger partial charge in [0.15, 0.2) is 10.1 Å². The van der Waals surface area contributed by atoms with E-state index in [1.54, 1.807) is 23.9 Å². The first-order chi connectivity index (χ1) is 10.8. The number of likely N-dealkylation sites (tertiary alicyclic amines) is 1. The van der Waals surface area contributed by atoms with E-state index in [2.05, 4.69) is 20.4 Å².